The highest BCUT2D eigenvalue weighted by molar-refractivity contribution is 5.92. The van der Waals surface area contributed by atoms with Crippen molar-refractivity contribution in [2.24, 2.45) is 0 Å². The number of amides is 1. The molecular weight excluding hydrogens is 324 g/mol. The summed E-state index contributed by atoms with van der Waals surface area (Å²) in [5, 5.41) is 15.1. The van der Waals surface area contributed by atoms with E-state index in [1.807, 2.05) is 48.5 Å². The fraction of sp³-hybridized carbons (Fsp3) is 0.136. The van der Waals surface area contributed by atoms with Crippen LogP contribution in [0.1, 0.15) is 22.7 Å². The Balaban J connectivity index is 1.93. The summed E-state index contributed by atoms with van der Waals surface area (Å²) in [5.74, 6) is -0.430. The molecule has 0 bridgehead atoms. The zero-order valence-electron chi connectivity index (χ0n) is 14.6. The smallest absolute Gasteiger partial charge is 0.250 e. The van der Waals surface area contributed by atoms with E-state index in [1.54, 1.807) is 6.07 Å². The van der Waals surface area contributed by atoms with Crippen molar-refractivity contribution in [3.63, 3.8) is 0 Å². The molecule has 0 saturated heterocycles. The first-order valence-corrected chi connectivity index (χ1v) is 8.55. The molecule has 0 aromatic heterocycles. The van der Waals surface area contributed by atoms with Crippen molar-refractivity contribution >= 4 is 17.3 Å². The van der Waals surface area contributed by atoms with Crippen molar-refractivity contribution in [1.82, 2.24) is 0 Å². The van der Waals surface area contributed by atoms with Crippen LogP contribution in [0.4, 0.5) is 11.4 Å². The Morgan fingerprint density at radius 3 is 2.35 bits per heavy atom. The number of aryl methyl sites for hydroxylation is 1. The maximum absolute atomic E-state index is 11.4. The number of nitrogens with one attached hydrogen (secondary N) is 2. The summed E-state index contributed by atoms with van der Waals surface area (Å²) in [6, 6.07) is 26.0. The van der Waals surface area contributed by atoms with E-state index in [9.17, 15) is 4.79 Å². The monoisotopic (exact) mass is 346 g/mol. The first-order chi connectivity index (χ1) is 12.7. The number of aliphatic hydroxyl groups is 1. The zero-order chi connectivity index (χ0) is 18.4. The van der Waals surface area contributed by atoms with Gasteiger partial charge in [-0.25, -0.2) is 0 Å². The molecule has 0 aliphatic carbocycles. The summed E-state index contributed by atoms with van der Waals surface area (Å²) in [5.41, 5.74) is 5.09. The van der Waals surface area contributed by atoms with Gasteiger partial charge in [0.2, 0.25) is 5.91 Å². The van der Waals surface area contributed by atoms with Crippen LogP contribution >= 0.6 is 0 Å². The van der Waals surface area contributed by atoms with Crippen molar-refractivity contribution in [3.8, 4) is 0 Å². The lowest BCUT2D eigenvalue weighted by molar-refractivity contribution is -0.118. The summed E-state index contributed by atoms with van der Waals surface area (Å²) in [6.45, 7) is 1.57. The molecule has 0 aliphatic heterocycles. The Kier molecular flexibility index (Phi) is 5.66. The van der Waals surface area contributed by atoms with Crippen LogP contribution in [0.25, 0.3) is 0 Å². The maximum atomic E-state index is 11.4. The van der Waals surface area contributed by atoms with E-state index in [0.29, 0.717) is 5.69 Å². The highest BCUT2D eigenvalue weighted by Gasteiger charge is 2.16. The number of hydrogen-bond acceptors (Lipinski definition) is 3. The lowest BCUT2D eigenvalue weighted by Crippen LogP contribution is -2.16. The molecule has 3 aromatic rings. The van der Waals surface area contributed by atoms with E-state index in [1.165, 1.54) is 11.1 Å². The second-order valence-corrected chi connectivity index (χ2v) is 6.13. The fourth-order valence-corrected chi connectivity index (χ4v) is 2.95. The molecule has 0 aliphatic rings. The molecule has 3 aromatic carbocycles. The van der Waals surface area contributed by atoms with Gasteiger partial charge in [-0.2, -0.15) is 0 Å². The number of benzene rings is 3. The third-order valence-corrected chi connectivity index (χ3v) is 4.23. The van der Waals surface area contributed by atoms with Gasteiger partial charge in [-0.3, -0.25) is 4.79 Å². The van der Waals surface area contributed by atoms with Crippen LogP contribution < -0.4 is 10.6 Å². The number of rotatable bonds is 6. The Morgan fingerprint density at radius 1 is 0.923 bits per heavy atom. The highest BCUT2D eigenvalue weighted by Crippen LogP contribution is 2.29. The molecule has 1 amide bonds. The third-order valence-electron chi connectivity index (χ3n) is 4.23. The van der Waals surface area contributed by atoms with E-state index < -0.39 is 12.5 Å². The van der Waals surface area contributed by atoms with Gasteiger partial charge < -0.3 is 15.7 Å². The molecule has 3 N–H and O–H groups in total. The molecule has 4 nitrogen and oxygen atoms in total. The molecular formula is C22H22N2O2. The predicted octanol–water partition coefficient (Wildman–Crippen LogP) is 4.13. The molecule has 1 unspecified atom stereocenters. The number of hydrogen-bond donors (Lipinski definition) is 3. The van der Waals surface area contributed by atoms with E-state index in [4.69, 9.17) is 5.11 Å². The number of aliphatic hydroxyl groups excluding tert-OH is 1. The van der Waals surface area contributed by atoms with Crippen molar-refractivity contribution < 1.29 is 9.90 Å². The van der Waals surface area contributed by atoms with Crippen LogP contribution in [0.5, 0.6) is 0 Å². The van der Waals surface area contributed by atoms with Crippen molar-refractivity contribution in [2.45, 2.75) is 13.0 Å². The number of carbonyl (C=O) groups excluding carboxylic acids is 1. The van der Waals surface area contributed by atoms with Crippen LogP contribution in [-0.2, 0) is 4.79 Å². The van der Waals surface area contributed by atoms with Crippen molar-refractivity contribution in [3.05, 3.63) is 95.6 Å². The van der Waals surface area contributed by atoms with E-state index in [0.717, 1.165) is 11.3 Å². The molecule has 0 heterocycles. The van der Waals surface area contributed by atoms with E-state index >= 15 is 0 Å². The van der Waals surface area contributed by atoms with Crippen LogP contribution in [-0.4, -0.2) is 17.6 Å². The van der Waals surface area contributed by atoms with Crippen LogP contribution in [0.2, 0.25) is 0 Å². The Bertz CT molecular complexity index is 878. The van der Waals surface area contributed by atoms with E-state index in [-0.39, 0.29) is 6.04 Å². The first-order valence-electron chi connectivity index (χ1n) is 8.55. The van der Waals surface area contributed by atoms with Crippen LogP contribution in [0.3, 0.4) is 0 Å². The van der Waals surface area contributed by atoms with Gasteiger partial charge in [-0.15, -0.1) is 0 Å². The summed E-state index contributed by atoms with van der Waals surface area (Å²) in [7, 11) is 0. The van der Waals surface area contributed by atoms with Crippen molar-refractivity contribution in [2.75, 3.05) is 17.2 Å². The molecule has 0 radical (unpaired) electrons. The number of anilines is 2. The van der Waals surface area contributed by atoms with Gasteiger partial charge in [0.1, 0.15) is 6.61 Å². The molecule has 132 valence electrons. The molecule has 0 spiro atoms. The summed E-state index contributed by atoms with van der Waals surface area (Å²) >= 11 is 0. The summed E-state index contributed by atoms with van der Waals surface area (Å²) < 4.78 is 0. The summed E-state index contributed by atoms with van der Waals surface area (Å²) in [4.78, 5) is 11.4. The molecule has 1 atom stereocenters. The quantitative estimate of drug-likeness (QED) is 0.629. The largest absolute Gasteiger partial charge is 0.387 e. The lowest BCUT2D eigenvalue weighted by Gasteiger charge is -2.23. The predicted molar refractivity (Wildman–Crippen MR) is 105 cm³/mol. The maximum Gasteiger partial charge on any atom is 0.250 e. The van der Waals surface area contributed by atoms with Gasteiger partial charge >= 0.3 is 0 Å². The SMILES string of the molecule is Cc1ccccc1C(Nc1cccc(NC(=O)CO)c1)c1ccccc1. The minimum absolute atomic E-state index is 0.0128. The number of carbonyl (C=O) groups is 1. The molecule has 3 rings (SSSR count). The Hall–Kier alpha value is -3.11. The zero-order valence-corrected chi connectivity index (χ0v) is 14.6. The van der Waals surface area contributed by atoms with Gasteiger partial charge in [0.25, 0.3) is 0 Å². The minimum atomic E-state index is -0.534. The minimum Gasteiger partial charge on any atom is -0.387 e. The first kappa shape index (κ1) is 17.7. The normalized spacial score (nSPS) is 11.6. The van der Waals surface area contributed by atoms with Gasteiger partial charge in [-0.1, -0.05) is 60.7 Å². The second kappa shape index (κ2) is 8.32. The molecule has 0 fully saturated rings. The lowest BCUT2D eigenvalue weighted by atomic mass is 9.94. The molecule has 26 heavy (non-hydrogen) atoms. The average molecular weight is 346 g/mol. The van der Waals surface area contributed by atoms with Crippen LogP contribution in [0, 0.1) is 6.92 Å². The second-order valence-electron chi connectivity index (χ2n) is 6.13. The highest BCUT2D eigenvalue weighted by atomic mass is 16.3. The van der Waals surface area contributed by atoms with Crippen molar-refractivity contribution in [1.29, 1.82) is 0 Å². The van der Waals surface area contributed by atoms with Gasteiger partial charge in [0.05, 0.1) is 6.04 Å². The fourth-order valence-electron chi connectivity index (χ4n) is 2.95. The Morgan fingerprint density at radius 2 is 1.62 bits per heavy atom. The topological polar surface area (TPSA) is 61.4 Å². The Labute approximate surface area is 153 Å². The summed E-state index contributed by atoms with van der Waals surface area (Å²) in [6.07, 6.45) is 0. The van der Waals surface area contributed by atoms with E-state index in [2.05, 4.69) is 41.8 Å². The standard InChI is InChI=1S/C22H22N2O2/c1-16-8-5-6-13-20(16)22(17-9-3-2-4-10-17)24-19-12-7-11-18(14-19)23-21(26)15-25/h2-14,22,24-25H,15H2,1H3,(H,23,26). The van der Waals surface area contributed by atoms with Crippen LogP contribution in [0.15, 0.2) is 78.9 Å². The molecule has 4 heteroatoms. The van der Waals surface area contributed by atoms with Gasteiger partial charge in [0.15, 0.2) is 0 Å². The van der Waals surface area contributed by atoms with Gasteiger partial charge in [-0.05, 0) is 41.8 Å². The average Bonchev–Trinajstić information content (AvgIpc) is 2.68. The van der Waals surface area contributed by atoms with Gasteiger partial charge in [0, 0.05) is 11.4 Å². The molecule has 0 saturated carbocycles. The third kappa shape index (κ3) is 4.29.